The number of aromatic nitrogens is 4. The molecule has 146 valence electrons. The van der Waals surface area contributed by atoms with Gasteiger partial charge in [-0.15, -0.1) is 17.5 Å². The minimum Gasteiger partial charge on any atom is -0.328 e. The van der Waals surface area contributed by atoms with Crippen molar-refractivity contribution in [1.29, 1.82) is 0 Å². The maximum Gasteiger partial charge on any atom is 0.276 e. The number of carbonyl (C=O) groups is 1. The number of carbonyl (C=O) groups excluding carboxylic acids is 1. The third kappa shape index (κ3) is 4.35. The summed E-state index contributed by atoms with van der Waals surface area (Å²) in [5.41, 5.74) is 2.02. The van der Waals surface area contributed by atoms with Gasteiger partial charge in [0.15, 0.2) is 5.69 Å². The van der Waals surface area contributed by atoms with Crippen LogP contribution in [0.4, 0.5) is 4.39 Å². The highest BCUT2D eigenvalue weighted by Crippen LogP contribution is 2.23. The molecule has 0 bridgehead atoms. The molecule has 9 heteroatoms. The summed E-state index contributed by atoms with van der Waals surface area (Å²) < 4.78 is 14.9. The Hall–Kier alpha value is -2.84. The first-order chi connectivity index (χ1) is 13.2. The molecular formula is C19H20ClFN6O. The number of hydrogen-bond acceptors (Lipinski definition) is 5. The molecule has 1 amide bonds. The van der Waals surface area contributed by atoms with Crippen LogP contribution in [0.1, 0.15) is 27.7 Å². The van der Waals surface area contributed by atoms with Gasteiger partial charge in [-0.1, -0.05) is 23.4 Å². The van der Waals surface area contributed by atoms with Gasteiger partial charge in [0.1, 0.15) is 5.82 Å². The monoisotopic (exact) mass is 402 g/mol. The van der Waals surface area contributed by atoms with Crippen molar-refractivity contribution < 1.29 is 9.18 Å². The van der Waals surface area contributed by atoms with Crippen LogP contribution in [-0.4, -0.2) is 50.4 Å². The van der Waals surface area contributed by atoms with E-state index in [1.807, 2.05) is 12.1 Å². The van der Waals surface area contributed by atoms with Gasteiger partial charge in [0.2, 0.25) is 0 Å². The number of pyridine rings is 1. The van der Waals surface area contributed by atoms with E-state index in [4.69, 9.17) is 0 Å². The average Bonchev–Trinajstić information content (AvgIpc) is 3.16. The predicted molar refractivity (Wildman–Crippen MR) is 104 cm³/mol. The minimum absolute atomic E-state index is 0. The molecule has 2 aromatic heterocycles. The topological polar surface area (TPSA) is 75.9 Å². The van der Waals surface area contributed by atoms with Crippen molar-refractivity contribution in [2.45, 2.75) is 12.6 Å². The Labute approximate surface area is 168 Å². The number of benzene rings is 1. The number of amides is 1. The van der Waals surface area contributed by atoms with E-state index in [2.05, 4.69) is 20.6 Å². The van der Waals surface area contributed by atoms with Crippen LogP contribution in [0, 0.1) is 5.82 Å². The van der Waals surface area contributed by atoms with Crippen LogP contribution >= 0.6 is 12.4 Å². The molecule has 1 aromatic carbocycles. The van der Waals surface area contributed by atoms with Crippen molar-refractivity contribution in [3.8, 4) is 0 Å². The minimum atomic E-state index is -0.302. The fourth-order valence-electron chi connectivity index (χ4n) is 3.26. The van der Waals surface area contributed by atoms with Crippen molar-refractivity contribution in [3.05, 3.63) is 77.6 Å². The number of hydrogen-bond donors (Lipinski definition) is 1. The van der Waals surface area contributed by atoms with E-state index in [1.165, 1.54) is 12.1 Å². The maximum absolute atomic E-state index is 13.3. The molecule has 1 saturated heterocycles. The van der Waals surface area contributed by atoms with E-state index in [-0.39, 0.29) is 35.9 Å². The van der Waals surface area contributed by atoms with Gasteiger partial charge in [-0.05, 0) is 29.3 Å². The summed E-state index contributed by atoms with van der Waals surface area (Å²) in [5.74, 6) is -0.472. The molecule has 28 heavy (non-hydrogen) atoms. The van der Waals surface area contributed by atoms with Crippen LogP contribution in [0.5, 0.6) is 0 Å². The Morgan fingerprint density at radius 1 is 1.29 bits per heavy atom. The summed E-state index contributed by atoms with van der Waals surface area (Å²) >= 11 is 0. The molecule has 3 aromatic rings. The number of nitrogens with one attached hydrogen (secondary N) is 1. The van der Waals surface area contributed by atoms with E-state index >= 15 is 0 Å². The van der Waals surface area contributed by atoms with Crippen LogP contribution in [0.25, 0.3) is 0 Å². The lowest BCUT2D eigenvalue weighted by Gasteiger charge is -2.35. The Kier molecular flexibility index (Phi) is 6.33. The highest BCUT2D eigenvalue weighted by atomic mass is 35.5. The molecule has 0 aliphatic carbocycles. The smallest absolute Gasteiger partial charge is 0.276 e. The Balaban J connectivity index is 0.00000225. The normalized spacial score (nSPS) is 16.5. The van der Waals surface area contributed by atoms with E-state index in [0.29, 0.717) is 19.6 Å². The zero-order valence-electron chi connectivity index (χ0n) is 15.0. The molecule has 0 spiro atoms. The summed E-state index contributed by atoms with van der Waals surface area (Å²) in [6, 6.07) is 10.0. The van der Waals surface area contributed by atoms with Crippen molar-refractivity contribution >= 4 is 18.3 Å². The summed E-state index contributed by atoms with van der Waals surface area (Å²) in [5, 5.41) is 11.4. The number of halogens is 2. The molecule has 1 aliphatic rings. The first-order valence-corrected chi connectivity index (χ1v) is 8.77. The molecule has 0 radical (unpaired) electrons. The maximum atomic E-state index is 13.3. The standard InChI is InChI=1S/C19H19FN6O.ClH/c20-16-5-1-3-14(9-16)12-25-13-17(23-24-25)19(27)26-8-7-22-11-18(26)15-4-2-6-21-10-15;/h1-6,9-10,13,18,22H,7-8,11-12H2;1H. The van der Waals surface area contributed by atoms with Gasteiger partial charge in [0, 0.05) is 32.0 Å². The SMILES string of the molecule is Cl.O=C(c1cn(Cc2cccc(F)c2)nn1)N1CCNCC1c1cccnc1. The zero-order valence-corrected chi connectivity index (χ0v) is 15.8. The summed E-state index contributed by atoms with van der Waals surface area (Å²) in [7, 11) is 0. The van der Waals surface area contributed by atoms with Crippen LogP contribution in [0.3, 0.4) is 0 Å². The quantitative estimate of drug-likeness (QED) is 0.723. The van der Waals surface area contributed by atoms with Gasteiger partial charge in [-0.2, -0.15) is 0 Å². The second kappa shape index (κ2) is 8.90. The summed E-state index contributed by atoms with van der Waals surface area (Å²) in [6.07, 6.45) is 5.10. The van der Waals surface area contributed by atoms with E-state index < -0.39 is 0 Å². The zero-order chi connectivity index (χ0) is 18.6. The van der Waals surface area contributed by atoms with E-state index in [0.717, 1.165) is 17.7 Å². The van der Waals surface area contributed by atoms with Crippen molar-refractivity contribution in [1.82, 2.24) is 30.2 Å². The molecule has 4 rings (SSSR count). The third-order valence-electron chi connectivity index (χ3n) is 4.56. The van der Waals surface area contributed by atoms with Gasteiger partial charge < -0.3 is 10.2 Å². The number of piperazine rings is 1. The highest BCUT2D eigenvalue weighted by Gasteiger charge is 2.30. The number of rotatable bonds is 4. The molecule has 1 aliphatic heterocycles. The predicted octanol–water partition coefficient (Wildman–Crippen LogP) is 2.07. The molecule has 7 nitrogen and oxygen atoms in total. The Morgan fingerprint density at radius 3 is 2.96 bits per heavy atom. The van der Waals surface area contributed by atoms with Crippen molar-refractivity contribution in [2.24, 2.45) is 0 Å². The fraction of sp³-hybridized carbons (Fsp3) is 0.263. The molecule has 3 heterocycles. The lowest BCUT2D eigenvalue weighted by Crippen LogP contribution is -2.48. The van der Waals surface area contributed by atoms with E-state index in [1.54, 1.807) is 40.3 Å². The van der Waals surface area contributed by atoms with Crippen molar-refractivity contribution in [2.75, 3.05) is 19.6 Å². The molecule has 1 N–H and O–H groups in total. The van der Waals surface area contributed by atoms with Gasteiger partial charge in [-0.3, -0.25) is 9.78 Å². The molecule has 1 atom stereocenters. The number of nitrogens with zero attached hydrogens (tertiary/aromatic N) is 5. The third-order valence-corrected chi connectivity index (χ3v) is 4.56. The molecule has 0 saturated carbocycles. The molecule has 1 fully saturated rings. The lowest BCUT2D eigenvalue weighted by atomic mass is 10.0. The second-order valence-electron chi connectivity index (χ2n) is 6.44. The second-order valence-corrected chi connectivity index (χ2v) is 6.44. The fourth-order valence-corrected chi connectivity index (χ4v) is 3.26. The van der Waals surface area contributed by atoms with Crippen molar-refractivity contribution in [3.63, 3.8) is 0 Å². The highest BCUT2D eigenvalue weighted by molar-refractivity contribution is 5.92. The van der Waals surface area contributed by atoms with Gasteiger partial charge >= 0.3 is 0 Å². The van der Waals surface area contributed by atoms with E-state index in [9.17, 15) is 9.18 Å². The van der Waals surface area contributed by atoms with Gasteiger partial charge in [0.05, 0.1) is 18.8 Å². The molecular weight excluding hydrogens is 383 g/mol. The molecule has 1 unspecified atom stereocenters. The largest absolute Gasteiger partial charge is 0.328 e. The average molecular weight is 403 g/mol. The van der Waals surface area contributed by atoms with Gasteiger partial charge in [0.25, 0.3) is 5.91 Å². The summed E-state index contributed by atoms with van der Waals surface area (Å²) in [4.78, 5) is 19.0. The van der Waals surface area contributed by atoms with Crippen LogP contribution in [0.2, 0.25) is 0 Å². The Morgan fingerprint density at radius 2 is 2.18 bits per heavy atom. The first kappa shape index (κ1) is 19.9. The Bertz CT molecular complexity index is 935. The van der Waals surface area contributed by atoms with Crippen LogP contribution in [0.15, 0.2) is 55.0 Å². The summed E-state index contributed by atoms with van der Waals surface area (Å²) in [6.45, 7) is 2.32. The van der Waals surface area contributed by atoms with Crippen LogP contribution < -0.4 is 5.32 Å². The first-order valence-electron chi connectivity index (χ1n) is 8.77. The lowest BCUT2D eigenvalue weighted by molar-refractivity contribution is 0.0627. The van der Waals surface area contributed by atoms with Crippen LogP contribution in [-0.2, 0) is 6.54 Å². The van der Waals surface area contributed by atoms with Gasteiger partial charge in [-0.25, -0.2) is 9.07 Å².